The van der Waals surface area contributed by atoms with Gasteiger partial charge in [0.25, 0.3) is 17.7 Å². The van der Waals surface area contributed by atoms with E-state index in [1.54, 1.807) is 84.9 Å². The van der Waals surface area contributed by atoms with Crippen molar-refractivity contribution in [3.05, 3.63) is 324 Å². The van der Waals surface area contributed by atoms with Crippen LogP contribution in [0.15, 0.2) is 285 Å². The van der Waals surface area contributed by atoms with Crippen molar-refractivity contribution in [3.63, 3.8) is 0 Å². The van der Waals surface area contributed by atoms with Gasteiger partial charge in [-0.05, 0) is 229 Å². The molecule has 138 heavy (non-hydrogen) atoms. The molecule has 0 radical (unpaired) electrons. The molecule has 1 heterocycles. The molecule has 5 amide bonds. The Kier molecular flexibility index (Phi) is 34.1. The molecule has 0 fully saturated rings. The van der Waals surface area contributed by atoms with Crippen molar-refractivity contribution in [1.29, 1.82) is 0 Å². The van der Waals surface area contributed by atoms with Gasteiger partial charge in [0, 0.05) is 83.6 Å². The summed E-state index contributed by atoms with van der Waals surface area (Å²) in [5.74, 6) is -6.39. The van der Waals surface area contributed by atoms with E-state index < -0.39 is 17.6 Å². The lowest BCUT2D eigenvalue weighted by Gasteiger charge is -2.13. The van der Waals surface area contributed by atoms with Crippen molar-refractivity contribution in [3.8, 4) is 184 Å². The summed E-state index contributed by atoms with van der Waals surface area (Å²) in [6.07, 6.45) is 0.525. The summed E-state index contributed by atoms with van der Waals surface area (Å²) in [5.41, 5.74) is 4.29. The van der Waals surface area contributed by atoms with Crippen LogP contribution in [0, 0.1) is 0 Å². The van der Waals surface area contributed by atoms with Crippen LogP contribution in [0.3, 0.4) is 0 Å². The fourth-order valence-electron chi connectivity index (χ4n) is 11.6. The van der Waals surface area contributed by atoms with Crippen LogP contribution >= 0.6 is 0 Å². The van der Waals surface area contributed by atoms with Crippen molar-refractivity contribution in [2.45, 2.75) is 25.8 Å². The van der Waals surface area contributed by atoms with Gasteiger partial charge in [0.2, 0.25) is 23.6 Å². The average Bonchev–Trinajstić information content (AvgIpc) is 0.839. The van der Waals surface area contributed by atoms with Gasteiger partial charge in [0.05, 0.1) is 18.5 Å². The van der Waals surface area contributed by atoms with E-state index >= 15 is 0 Å². The van der Waals surface area contributed by atoms with Gasteiger partial charge in [-0.1, -0.05) is 42.5 Å². The molecule has 0 aliphatic heterocycles. The molecule has 29 N–H and O–H groups in total. The molecule has 0 aliphatic carbocycles. The van der Waals surface area contributed by atoms with Crippen molar-refractivity contribution in [2.75, 3.05) is 22.5 Å². The van der Waals surface area contributed by atoms with Crippen molar-refractivity contribution >= 4 is 46.6 Å². The minimum absolute atomic E-state index is 0.00449. The number of hydrogen-bond donors (Lipinski definition) is 29. The number of anilines is 3. The van der Waals surface area contributed by atoms with Crippen LogP contribution in [0.2, 0.25) is 0 Å². The molecule has 0 saturated carbocycles. The maximum Gasteiger partial charge on any atom is 0.255 e. The van der Waals surface area contributed by atoms with Crippen LogP contribution in [0.5, 0.6) is 184 Å². The van der Waals surface area contributed by atoms with Crippen LogP contribution < -0.4 is 45.5 Å². The van der Waals surface area contributed by atoms with Crippen LogP contribution in [0.25, 0.3) is 0 Å². The monoisotopic (exact) mass is 1890 g/mol. The second-order valence-electron chi connectivity index (χ2n) is 29.0. The molecule has 14 aromatic carbocycles. The van der Waals surface area contributed by atoms with E-state index in [1.165, 1.54) is 194 Å². The lowest BCUT2D eigenvalue weighted by Crippen LogP contribution is -2.25. The Labute approximate surface area is 780 Å². The summed E-state index contributed by atoms with van der Waals surface area (Å²) in [6.45, 7) is 0.529. The summed E-state index contributed by atoms with van der Waals surface area (Å²) in [6, 6.07) is 66.4. The first-order valence-corrected chi connectivity index (χ1v) is 40.3. The highest BCUT2D eigenvalue weighted by molar-refractivity contribution is 6.06. The second kappa shape index (κ2) is 47.0. The fourth-order valence-corrected chi connectivity index (χ4v) is 11.6. The lowest BCUT2D eigenvalue weighted by atomic mass is 10.1. The second-order valence-corrected chi connectivity index (χ2v) is 29.0. The molecule has 0 saturated heterocycles. The van der Waals surface area contributed by atoms with E-state index in [0.717, 1.165) is 11.6 Å². The highest BCUT2D eigenvalue weighted by Gasteiger charge is 2.19. The minimum Gasteiger partial charge on any atom is -0.504 e. The van der Waals surface area contributed by atoms with E-state index in [2.05, 4.69) is 31.6 Å². The molecule has 0 bridgehead atoms. The molecule has 1 aromatic heterocycles. The summed E-state index contributed by atoms with van der Waals surface area (Å²) in [7, 11) is 0. The highest BCUT2D eigenvalue weighted by Crippen LogP contribution is 2.40. The number of amides is 5. The predicted molar refractivity (Wildman–Crippen MR) is 495 cm³/mol. The Morgan fingerprint density at radius 1 is 0.232 bits per heavy atom. The third-order valence-corrected chi connectivity index (χ3v) is 18.7. The zero-order valence-corrected chi connectivity index (χ0v) is 71.5. The Morgan fingerprint density at radius 3 is 0.971 bits per heavy atom. The number of nitrogens with one attached hydrogen (secondary N) is 5. The average molecular weight is 1890 g/mol. The number of aromatic nitrogens is 1. The predicted octanol–water partition coefficient (Wildman–Crippen LogP) is 15.1. The summed E-state index contributed by atoms with van der Waals surface area (Å²) < 4.78 is 22.2. The van der Waals surface area contributed by atoms with Gasteiger partial charge >= 0.3 is 0 Å². The van der Waals surface area contributed by atoms with Gasteiger partial charge in [0.1, 0.15) is 28.7 Å². The highest BCUT2D eigenvalue weighted by atomic mass is 16.5. The van der Waals surface area contributed by atoms with E-state index in [-0.39, 0.29) is 215 Å². The van der Waals surface area contributed by atoms with Gasteiger partial charge in [-0.15, -0.1) is 0 Å². The first kappa shape index (κ1) is 100. The Hall–Kier alpha value is -20.0. The molecule has 710 valence electrons. The third kappa shape index (κ3) is 30.0. The number of phenols is 24. The fraction of sp³-hybridized carbons (Fsp3) is 0.0505. The zero-order chi connectivity index (χ0) is 100.0. The first-order chi connectivity index (χ1) is 65.7. The van der Waals surface area contributed by atoms with E-state index in [9.17, 15) is 136 Å². The topological polar surface area (TPSA) is 681 Å². The van der Waals surface area contributed by atoms with Crippen LogP contribution in [-0.4, -0.2) is 164 Å². The maximum absolute atomic E-state index is 12.3. The van der Waals surface area contributed by atoms with Gasteiger partial charge in [-0.3, -0.25) is 24.0 Å². The number of rotatable bonds is 23. The number of phenolic OH excluding ortho intramolecular Hbond substituents is 24. The molecule has 0 unspecified atom stereocenters. The molecular formula is C99H86N6O33. The largest absolute Gasteiger partial charge is 0.504 e. The van der Waals surface area contributed by atoms with Gasteiger partial charge in [-0.25, -0.2) is 0 Å². The van der Waals surface area contributed by atoms with E-state index in [0.29, 0.717) is 64.0 Å². The van der Waals surface area contributed by atoms with Gasteiger partial charge in [0.15, 0.2) is 144 Å². The molecule has 0 aliphatic rings. The molecule has 39 nitrogen and oxygen atoms in total. The minimum atomic E-state index is -0.509. The Morgan fingerprint density at radius 2 is 0.551 bits per heavy atom. The van der Waals surface area contributed by atoms with E-state index in [1.807, 2.05) is 0 Å². The number of para-hydroxylation sites is 2. The number of aromatic hydroxyl groups is 24. The third-order valence-electron chi connectivity index (χ3n) is 18.7. The Balaban J connectivity index is 0.000000171. The van der Waals surface area contributed by atoms with E-state index in [4.69, 9.17) is 29.2 Å². The van der Waals surface area contributed by atoms with Crippen molar-refractivity contribution < 1.29 is 165 Å². The number of nitrogens with zero attached hydrogens (tertiary/aromatic N) is 1. The van der Waals surface area contributed by atoms with Crippen LogP contribution in [-0.2, 0) is 35.4 Å². The van der Waals surface area contributed by atoms with Crippen molar-refractivity contribution in [1.82, 2.24) is 15.6 Å². The maximum atomic E-state index is 12.3. The molecule has 15 rings (SSSR count). The number of carbonyl (C=O) groups is 5. The smallest absolute Gasteiger partial charge is 0.255 e. The normalized spacial score (nSPS) is 10.3. The van der Waals surface area contributed by atoms with Gasteiger partial charge in [-0.2, -0.15) is 4.98 Å². The molecule has 39 heteroatoms. The summed E-state index contributed by atoms with van der Waals surface area (Å²) in [4.78, 5) is 64.0. The molecule has 0 spiro atoms. The Bertz CT molecular complexity index is 6760. The summed E-state index contributed by atoms with van der Waals surface area (Å²) >= 11 is 0. The number of carbonyl (C=O) groups excluding carboxylic acids is 5. The molecule has 0 atom stereocenters. The van der Waals surface area contributed by atoms with Crippen molar-refractivity contribution in [2.24, 2.45) is 0 Å². The quantitative estimate of drug-likeness (QED) is 0.0209. The standard InChI is InChI=1S/2C19H15NO6.C17H13NO6.2C15H15NO5.C14H13NO5/c21-15-7-1-11(9-17(15)23)19(25)20-12-2-4-13(5-3-12)26-14-6-8-16(22)18(24)10-14;21-14-7-5-11(9-16(14)23)19(25)20-13-3-1-2-4-18(13)26-12-6-8-15(22)17(24)10-12;19-12-6-4-10(8-14(12)21)23-16-2-1-3-17(18-16)24-11-5-7-13(20)15(22)9-11;17-11-3-1-9(5-13(11)19)7-15(21)16-8-10-2-4-12(18)14(20)6-10;17-11-3-1-9(7-13(11)19)5-6-16-15(21)10-2-4-12(18)14(20)8-10;16-10-3-1-8(5-12(10)18)6-14(20)15-9-2-4-11(17)13(19)7-9/h2*1-10,21-24H,(H,20,25);1-9,19-22H;1-6,17-20H,7-8H2,(H,16,21);1-4,7-8,17-20H,5-6H2,(H,16,21);1-5,7,16-19H,6H2,(H,15,20). The number of pyridine rings is 1. The summed E-state index contributed by atoms with van der Waals surface area (Å²) in [5, 5.41) is 237. The SMILES string of the molecule is O=C(Cc1ccc(O)c(O)c1)NCc1ccc(O)c(O)c1.O=C(Cc1ccc(O)c(O)c1)Nc1ccc(O)c(O)c1.O=C(NCCc1ccc(O)c(O)c1)c1ccc(O)c(O)c1.O=C(Nc1ccc(Oc2ccc(O)c(O)c2)cc1)c1ccc(O)c(O)c1.O=C(Nc1ccccc1Oc1ccc(O)c(O)c1)c1ccc(O)c(O)c1.Oc1ccc(Oc2cccc(Oc3ccc(O)c(O)c3)n2)cc1O. The molecular weight excluding hydrogens is 1800 g/mol. The van der Waals surface area contributed by atoms with Crippen LogP contribution in [0.1, 0.15) is 53.3 Å². The number of hydrogen-bond acceptors (Lipinski definition) is 34. The zero-order valence-electron chi connectivity index (χ0n) is 71.5. The van der Waals surface area contributed by atoms with Gasteiger partial charge < -0.3 is 168 Å². The number of ether oxygens (including phenoxy) is 4. The molecule has 15 aromatic rings. The first-order valence-electron chi connectivity index (χ1n) is 40.3. The lowest BCUT2D eigenvalue weighted by molar-refractivity contribution is -0.120. The van der Waals surface area contributed by atoms with Crippen LogP contribution in [0.4, 0.5) is 17.1 Å². The number of benzene rings is 14.